The fourth-order valence-corrected chi connectivity index (χ4v) is 2.90. The Hall–Kier alpha value is -1.16. The van der Waals surface area contributed by atoms with Gasteiger partial charge in [-0.25, -0.2) is 4.98 Å². The predicted octanol–water partition coefficient (Wildman–Crippen LogP) is 5.02. The predicted molar refractivity (Wildman–Crippen MR) is 76.7 cm³/mol. The average molecular weight is 295 g/mol. The first-order chi connectivity index (χ1) is 8.72. The molecule has 0 unspecified atom stereocenters. The first-order valence-electron chi connectivity index (χ1n) is 5.28. The van der Waals surface area contributed by atoms with E-state index in [1.807, 2.05) is 36.4 Å². The van der Waals surface area contributed by atoms with Gasteiger partial charge in [0, 0.05) is 14.8 Å². The lowest BCUT2D eigenvalue weighted by atomic mass is 10.3. The zero-order valence-electron chi connectivity index (χ0n) is 9.15. The quantitative estimate of drug-likeness (QED) is 0.719. The number of aromatic amines is 1. The normalized spacial score (nSPS) is 11.0. The van der Waals surface area contributed by atoms with Gasteiger partial charge < -0.3 is 4.98 Å². The lowest BCUT2D eigenvalue weighted by Gasteiger charge is -2.04. The molecule has 0 aliphatic carbocycles. The van der Waals surface area contributed by atoms with Gasteiger partial charge in [0.05, 0.1) is 22.4 Å². The first kappa shape index (κ1) is 11.9. The molecule has 0 atom stereocenters. The number of rotatable bonds is 2. The van der Waals surface area contributed by atoms with E-state index < -0.39 is 0 Å². The minimum atomic E-state index is 0.715. The molecule has 0 bridgehead atoms. The fourth-order valence-electron chi connectivity index (χ4n) is 1.64. The summed E-state index contributed by atoms with van der Waals surface area (Å²) >= 11 is 13.7. The third-order valence-corrected chi connectivity index (χ3v) is 4.26. The molecule has 0 aliphatic rings. The van der Waals surface area contributed by atoms with Crippen molar-refractivity contribution in [2.75, 3.05) is 0 Å². The van der Waals surface area contributed by atoms with E-state index in [9.17, 15) is 0 Å². The van der Waals surface area contributed by atoms with E-state index in [1.165, 1.54) is 0 Å². The van der Waals surface area contributed by atoms with Gasteiger partial charge in [0.1, 0.15) is 0 Å². The van der Waals surface area contributed by atoms with E-state index in [-0.39, 0.29) is 0 Å². The molecule has 90 valence electrons. The molecule has 1 aromatic heterocycles. The van der Waals surface area contributed by atoms with Crippen LogP contribution in [-0.4, -0.2) is 9.97 Å². The summed E-state index contributed by atoms with van der Waals surface area (Å²) in [7, 11) is 0. The molecule has 0 saturated heterocycles. The molecule has 1 heterocycles. The molecule has 2 aromatic carbocycles. The number of nitrogens with one attached hydrogen (secondary N) is 1. The van der Waals surface area contributed by atoms with Gasteiger partial charge in [0.15, 0.2) is 0 Å². The van der Waals surface area contributed by atoms with Crippen molar-refractivity contribution in [2.45, 2.75) is 9.79 Å². The van der Waals surface area contributed by atoms with E-state index >= 15 is 0 Å². The van der Waals surface area contributed by atoms with Crippen LogP contribution in [0.2, 0.25) is 10.0 Å². The van der Waals surface area contributed by atoms with Gasteiger partial charge in [-0.15, -0.1) is 0 Å². The molecule has 5 heteroatoms. The second kappa shape index (κ2) is 4.84. The maximum Gasteiger partial charge on any atom is 0.0931 e. The van der Waals surface area contributed by atoms with Gasteiger partial charge in [0.2, 0.25) is 0 Å². The summed E-state index contributed by atoms with van der Waals surface area (Å²) in [5, 5.41) is 1.44. The van der Waals surface area contributed by atoms with Crippen molar-refractivity contribution in [3.8, 4) is 0 Å². The van der Waals surface area contributed by atoms with Crippen molar-refractivity contribution in [2.24, 2.45) is 0 Å². The second-order valence-electron chi connectivity index (χ2n) is 3.76. The van der Waals surface area contributed by atoms with Crippen molar-refractivity contribution in [3.63, 3.8) is 0 Å². The van der Waals surface area contributed by atoms with Crippen molar-refractivity contribution in [1.82, 2.24) is 9.97 Å². The van der Waals surface area contributed by atoms with Crippen LogP contribution in [-0.2, 0) is 0 Å². The van der Waals surface area contributed by atoms with E-state index in [2.05, 4.69) is 9.97 Å². The molecule has 1 N–H and O–H groups in total. The van der Waals surface area contributed by atoms with Gasteiger partial charge in [-0.3, -0.25) is 0 Å². The van der Waals surface area contributed by atoms with E-state index in [1.54, 1.807) is 18.1 Å². The topological polar surface area (TPSA) is 28.7 Å². The number of benzene rings is 2. The Morgan fingerprint density at radius 1 is 1.06 bits per heavy atom. The van der Waals surface area contributed by atoms with Crippen LogP contribution < -0.4 is 0 Å². The van der Waals surface area contributed by atoms with E-state index in [4.69, 9.17) is 23.2 Å². The lowest BCUT2D eigenvalue weighted by Crippen LogP contribution is -1.78. The number of nitrogens with zero attached hydrogens (tertiary/aromatic N) is 1. The highest BCUT2D eigenvalue weighted by Crippen LogP contribution is 2.35. The van der Waals surface area contributed by atoms with Crippen molar-refractivity contribution in [1.29, 1.82) is 0 Å². The molecular weight excluding hydrogens is 287 g/mol. The Bertz CT molecular complexity index is 692. The van der Waals surface area contributed by atoms with Crippen LogP contribution in [0.3, 0.4) is 0 Å². The van der Waals surface area contributed by atoms with Crippen LogP contribution in [0.5, 0.6) is 0 Å². The Balaban J connectivity index is 1.98. The van der Waals surface area contributed by atoms with Crippen molar-refractivity contribution < 1.29 is 0 Å². The largest absolute Gasteiger partial charge is 0.345 e. The Labute approximate surface area is 118 Å². The summed E-state index contributed by atoms with van der Waals surface area (Å²) in [4.78, 5) is 9.34. The second-order valence-corrected chi connectivity index (χ2v) is 5.72. The minimum Gasteiger partial charge on any atom is -0.345 e. The molecule has 3 rings (SSSR count). The van der Waals surface area contributed by atoms with Gasteiger partial charge >= 0.3 is 0 Å². The molecule has 2 nitrogen and oxygen atoms in total. The summed E-state index contributed by atoms with van der Waals surface area (Å²) in [6.07, 6.45) is 1.66. The number of hydrogen-bond donors (Lipinski definition) is 1. The average Bonchev–Trinajstić information content (AvgIpc) is 2.79. The lowest BCUT2D eigenvalue weighted by molar-refractivity contribution is 1.34. The standard InChI is InChI=1S/C13H8Cl2N2S/c14-8-1-3-9(4-2-8)18-13-6-12-11(5-10(13)15)16-7-17-12/h1-7H,(H,16,17). The molecule has 3 aromatic rings. The molecule has 0 fully saturated rings. The number of H-pyrrole nitrogens is 1. The van der Waals surface area contributed by atoms with Crippen LogP contribution >= 0.6 is 35.0 Å². The van der Waals surface area contributed by atoms with Gasteiger partial charge in [0.25, 0.3) is 0 Å². The number of fused-ring (bicyclic) bond motifs is 1. The monoisotopic (exact) mass is 294 g/mol. The van der Waals surface area contributed by atoms with Crippen LogP contribution in [0.4, 0.5) is 0 Å². The SMILES string of the molecule is Clc1ccc(Sc2cc3nc[nH]c3cc2Cl)cc1. The molecule has 18 heavy (non-hydrogen) atoms. The highest BCUT2D eigenvalue weighted by atomic mass is 35.5. The van der Waals surface area contributed by atoms with E-state index in [0.717, 1.165) is 25.8 Å². The van der Waals surface area contributed by atoms with Gasteiger partial charge in [-0.05, 0) is 36.4 Å². The molecule has 0 spiro atoms. The summed E-state index contributed by atoms with van der Waals surface area (Å²) in [6, 6.07) is 11.5. The van der Waals surface area contributed by atoms with Gasteiger partial charge in [-0.2, -0.15) is 0 Å². The van der Waals surface area contributed by atoms with Crippen LogP contribution in [0.1, 0.15) is 0 Å². The maximum absolute atomic E-state index is 6.25. The Kier molecular flexibility index (Phi) is 3.20. The van der Waals surface area contributed by atoms with Crippen LogP contribution in [0, 0.1) is 0 Å². The molecule has 0 radical (unpaired) electrons. The third-order valence-electron chi connectivity index (χ3n) is 2.52. The van der Waals surface area contributed by atoms with Gasteiger partial charge in [-0.1, -0.05) is 35.0 Å². The zero-order chi connectivity index (χ0) is 12.5. The third kappa shape index (κ3) is 2.34. The number of imidazole rings is 1. The zero-order valence-corrected chi connectivity index (χ0v) is 11.5. The smallest absolute Gasteiger partial charge is 0.0931 e. The molecular formula is C13H8Cl2N2S. The number of halogens is 2. The minimum absolute atomic E-state index is 0.715. The highest BCUT2D eigenvalue weighted by molar-refractivity contribution is 7.99. The molecule has 0 amide bonds. The van der Waals surface area contributed by atoms with E-state index in [0.29, 0.717) is 5.02 Å². The first-order valence-corrected chi connectivity index (χ1v) is 6.86. The summed E-state index contributed by atoms with van der Waals surface area (Å²) < 4.78 is 0. The van der Waals surface area contributed by atoms with Crippen LogP contribution in [0.25, 0.3) is 11.0 Å². The maximum atomic E-state index is 6.25. The highest BCUT2D eigenvalue weighted by Gasteiger charge is 2.06. The summed E-state index contributed by atoms with van der Waals surface area (Å²) in [6.45, 7) is 0. The van der Waals surface area contributed by atoms with Crippen LogP contribution in [0.15, 0.2) is 52.5 Å². The van der Waals surface area contributed by atoms with Crippen molar-refractivity contribution in [3.05, 3.63) is 52.8 Å². The molecule has 0 saturated carbocycles. The summed E-state index contributed by atoms with van der Waals surface area (Å²) in [5.74, 6) is 0. The Morgan fingerprint density at radius 3 is 2.61 bits per heavy atom. The fraction of sp³-hybridized carbons (Fsp3) is 0. The summed E-state index contributed by atoms with van der Waals surface area (Å²) in [5.41, 5.74) is 1.86. The number of aromatic nitrogens is 2. The molecule has 0 aliphatic heterocycles. The Morgan fingerprint density at radius 2 is 1.83 bits per heavy atom. The van der Waals surface area contributed by atoms with Crippen molar-refractivity contribution >= 4 is 46.0 Å². The number of hydrogen-bond acceptors (Lipinski definition) is 2.